The summed E-state index contributed by atoms with van der Waals surface area (Å²) in [6, 6.07) is 14.6. The number of benzene rings is 2. The van der Waals surface area contributed by atoms with Crippen LogP contribution in [0.2, 0.25) is 0 Å². The first kappa shape index (κ1) is 24.8. The third-order valence-electron chi connectivity index (χ3n) is 6.25. The van der Waals surface area contributed by atoms with E-state index in [1.165, 1.54) is 21.0 Å². The minimum atomic E-state index is -3.66. The number of hydrogen-bond acceptors (Lipinski definition) is 5. The number of piperidine rings is 1. The van der Waals surface area contributed by atoms with Crippen LogP contribution >= 0.6 is 11.8 Å². The molecule has 2 aromatic carbocycles. The Hall–Kier alpha value is -2.36. The van der Waals surface area contributed by atoms with Gasteiger partial charge in [-0.3, -0.25) is 9.59 Å². The van der Waals surface area contributed by atoms with Crippen LogP contribution in [-0.4, -0.2) is 61.4 Å². The lowest BCUT2D eigenvalue weighted by Gasteiger charge is -2.28. The molecule has 0 aliphatic carbocycles. The van der Waals surface area contributed by atoms with E-state index in [1.54, 1.807) is 30.1 Å². The third kappa shape index (κ3) is 5.47. The SMILES string of the molecule is C[C@H]1CC(=O)N(CC(=O)N(C)Cc2ccccc2)c2cc(S(=O)(=O)N3CCCCC3)ccc2S1. The lowest BCUT2D eigenvalue weighted by Crippen LogP contribution is -2.41. The number of anilines is 1. The first-order valence-corrected chi connectivity index (χ1v) is 14.0. The molecule has 2 amide bonds. The van der Waals surface area contributed by atoms with Crippen molar-refractivity contribution in [2.75, 3.05) is 31.6 Å². The van der Waals surface area contributed by atoms with Gasteiger partial charge in [-0.15, -0.1) is 11.8 Å². The molecule has 0 N–H and O–H groups in total. The highest BCUT2D eigenvalue weighted by molar-refractivity contribution is 8.00. The summed E-state index contributed by atoms with van der Waals surface area (Å²) in [5.41, 5.74) is 1.50. The molecule has 182 valence electrons. The summed E-state index contributed by atoms with van der Waals surface area (Å²) >= 11 is 1.54. The standard InChI is InChI=1S/C25H31N3O4S2/c1-19-15-24(29)28(18-25(30)26(2)17-20-9-5-3-6-10-20)22-16-21(11-12-23(22)33-19)34(31,32)27-13-7-4-8-14-27/h3,5-6,9-12,16,19H,4,7-8,13-15,17-18H2,1-2H3/t19-/m0/s1. The van der Waals surface area contributed by atoms with E-state index in [-0.39, 0.29) is 34.9 Å². The molecule has 0 radical (unpaired) electrons. The molecule has 1 saturated heterocycles. The number of carbonyl (C=O) groups excluding carboxylic acids is 2. The fraction of sp³-hybridized carbons (Fsp3) is 0.440. The first-order chi connectivity index (χ1) is 16.3. The number of rotatable bonds is 6. The van der Waals surface area contributed by atoms with E-state index in [1.807, 2.05) is 37.3 Å². The second-order valence-corrected chi connectivity index (χ2v) is 12.4. The van der Waals surface area contributed by atoms with Crippen molar-refractivity contribution in [3.63, 3.8) is 0 Å². The Kier molecular flexibility index (Phi) is 7.64. The number of likely N-dealkylation sites (N-methyl/N-ethyl adjacent to an activating group) is 1. The normalized spacial score (nSPS) is 19.4. The Bertz CT molecular complexity index is 1150. The molecule has 2 aliphatic heterocycles. The van der Waals surface area contributed by atoms with Crippen LogP contribution in [0.1, 0.15) is 38.2 Å². The Morgan fingerprint density at radius 2 is 1.79 bits per heavy atom. The molecule has 0 saturated carbocycles. The minimum Gasteiger partial charge on any atom is -0.340 e. The van der Waals surface area contributed by atoms with Crippen LogP contribution in [0.3, 0.4) is 0 Å². The van der Waals surface area contributed by atoms with Gasteiger partial charge in [0.05, 0.1) is 10.6 Å². The summed E-state index contributed by atoms with van der Waals surface area (Å²) in [6.07, 6.45) is 3.02. The summed E-state index contributed by atoms with van der Waals surface area (Å²) in [5.74, 6) is -0.375. The van der Waals surface area contributed by atoms with E-state index in [0.29, 0.717) is 25.3 Å². The van der Waals surface area contributed by atoms with Gasteiger partial charge in [0.2, 0.25) is 21.8 Å². The third-order valence-corrected chi connectivity index (χ3v) is 9.31. The largest absolute Gasteiger partial charge is 0.340 e. The second kappa shape index (κ2) is 10.5. The summed E-state index contributed by atoms with van der Waals surface area (Å²) in [5, 5.41) is 0.0259. The Morgan fingerprint density at radius 1 is 1.09 bits per heavy atom. The average Bonchev–Trinajstić information content (AvgIpc) is 2.94. The zero-order valence-electron chi connectivity index (χ0n) is 19.6. The van der Waals surface area contributed by atoms with Gasteiger partial charge < -0.3 is 9.80 Å². The average molecular weight is 502 g/mol. The van der Waals surface area contributed by atoms with Crippen molar-refractivity contribution < 1.29 is 18.0 Å². The van der Waals surface area contributed by atoms with E-state index >= 15 is 0 Å². The van der Waals surface area contributed by atoms with E-state index in [4.69, 9.17) is 0 Å². The highest BCUT2D eigenvalue weighted by atomic mass is 32.2. The van der Waals surface area contributed by atoms with Crippen LogP contribution in [0.25, 0.3) is 0 Å². The predicted octanol–water partition coefficient (Wildman–Crippen LogP) is 3.74. The van der Waals surface area contributed by atoms with Crippen LogP contribution in [0, 0.1) is 0 Å². The lowest BCUT2D eigenvalue weighted by atomic mass is 10.2. The van der Waals surface area contributed by atoms with E-state index in [0.717, 1.165) is 29.7 Å². The molecule has 34 heavy (non-hydrogen) atoms. The monoisotopic (exact) mass is 501 g/mol. The molecular formula is C25H31N3O4S2. The topological polar surface area (TPSA) is 78.0 Å². The van der Waals surface area contributed by atoms with Crippen LogP contribution in [0.4, 0.5) is 5.69 Å². The summed E-state index contributed by atoms with van der Waals surface area (Å²) in [6.45, 7) is 3.30. The van der Waals surface area contributed by atoms with Crippen LogP contribution in [0.5, 0.6) is 0 Å². The molecule has 2 heterocycles. The molecule has 0 aromatic heterocycles. The fourth-order valence-corrected chi connectivity index (χ4v) is 6.98. The molecule has 4 rings (SSSR count). The minimum absolute atomic E-state index is 0.0259. The molecule has 1 fully saturated rings. The second-order valence-electron chi connectivity index (χ2n) is 8.94. The number of amides is 2. The van der Waals surface area contributed by atoms with Crippen molar-refractivity contribution >= 4 is 39.3 Å². The van der Waals surface area contributed by atoms with Crippen molar-refractivity contribution in [1.29, 1.82) is 0 Å². The van der Waals surface area contributed by atoms with Crippen molar-refractivity contribution in [3.05, 3.63) is 54.1 Å². The highest BCUT2D eigenvalue weighted by Gasteiger charge is 2.32. The van der Waals surface area contributed by atoms with Crippen LogP contribution in [-0.2, 0) is 26.2 Å². The first-order valence-electron chi connectivity index (χ1n) is 11.6. The number of fused-ring (bicyclic) bond motifs is 1. The van der Waals surface area contributed by atoms with Crippen LogP contribution < -0.4 is 4.90 Å². The molecular weight excluding hydrogens is 470 g/mol. The van der Waals surface area contributed by atoms with Gasteiger partial charge in [0, 0.05) is 43.2 Å². The van der Waals surface area contributed by atoms with Crippen molar-refractivity contribution in [3.8, 4) is 0 Å². The summed E-state index contributed by atoms with van der Waals surface area (Å²) in [4.78, 5) is 30.3. The van der Waals surface area contributed by atoms with Gasteiger partial charge in [-0.25, -0.2) is 8.42 Å². The molecule has 7 nitrogen and oxygen atoms in total. The predicted molar refractivity (Wildman–Crippen MR) is 134 cm³/mol. The number of hydrogen-bond donors (Lipinski definition) is 0. The molecule has 2 aliphatic rings. The Balaban J connectivity index is 1.62. The molecule has 1 atom stereocenters. The van der Waals surface area contributed by atoms with Gasteiger partial charge in [-0.1, -0.05) is 43.7 Å². The summed E-state index contributed by atoms with van der Waals surface area (Å²) < 4.78 is 28.1. The quantitative estimate of drug-likeness (QED) is 0.603. The highest BCUT2D eigenvalue weighted by Crippen LogP contribution is 2.39. The van der Waals surface area contributed by atoms with Gasteiger partial charge in [0.25, 0.3) is 0 Å². The van der Waals surface area contributed by atoms with Crippen molar-refractivity contribution in [1.82, 2.24) is 9.21 Å². The van der Waals surface area contributed by atoms with Gasteiger partial charge in [-0.2, -0.15) is 4.31 Å². The maximum Gasteiger partial charge on any atom is 0.243 e. The number of carbonyl (C=O) groups is 2. The zero-order chi connectivity index (χ0) is 24.3. The van der Waals surface area contributed by atoms with E-state index < -0.39 is 10.0 Å². The molecule has 0 bridgehead atoms. The number of nitrogens with zero attached hydrogens (tertiary/aromatic N) is 3. The summed E-state index contributed by atoms with van der Waals surface area (Å²) in [7, 11) is -1.94. The molecule has 0 unspecified atom stereocenters. The van der Waals surface area contributed by atoms with E-state index in [2.05, 4.69) is 0 Å². The van der Waals surface area contributed by atoms with Gasteiger partial charge in [-0.05, 0) is 36.6 Å². The maximum atomic E-state index is 13.3. The van der Waals surface area contributed by atoms with Crippen molar-refractivity contribution in [2.24, 2.45) is 0 Å². The molecule has 2 aromatic rings. The fourth-order valence-electron chi connectivity index (χ4n) is 4.35. The van der Waals surface area contributed by atoms with Crippen molar-refractivity contribution in [2.45, 2.75) is 54.2 Å². The van der Waals surface area contributed by atoms with E-state index in [9.17, 15) is 18.0 Å². The molecule has 9 heteroatoms. The van der Waals surface area contributed by atoms with Gasteiger partial charge in [0.1, 0.15) is 6.54 Å². The Labute approximate surface area is 206 Å². The number of thioether (sulfide) groups is 1. The van der Waals surface area contributed by atoms with Gasteiger partial charge >= 0.3 is 0 Å². The smallest absolute Gasteiger partial charge is 0.243 e. The zero-order valence-corrected chi connectivity index (χ0v) is 21.3. The number of sulfonamides is 1. The van der Waals surface area contributed by atoms with Crippen LogP contribution in [0.15, 0.2) is 58.3 Å². The maximum absolute atomic E-state index is 13.3. The lowest BCUT2D eigenvalue weighted by molar-refractivity contribution is -0.130. The molecule has 0 spiro atoms. The van der Waals surface area contributed by atoms with Gasteiger partial charge in [0.15, 0.2) is 0 Å². The Morgan fingerprint density at radius 3 is 2.50 bits per heavy atom.